The van der Waals surface area contributed by atoms with E-state index in [1.165, 1.54) is 36.0 Å². The number of carbonyl (C=O) groups is 3. The molecule has 8 heteroatoms. The van der Waals surface area contributed by atoms with Gasteiger partial charge in [-0.3, -0.25) is 9.59 Å². The minimum Gasteiger partial charge on any atom is -0.497 e. The van der Waals surface area contributed by atoms with E-state index in [2.05, 4.69) is 10.6 Å². The summed E-state index contributed by atoms with van der Waals surface area (Å²) in [6, 6.07) is 11.2. The average Bonchev–Trinajstić information content (AvgIpc) is 2.62. The number of rotatable bonds is 5. The molecular weight excluding hydrogens is 356 g/mol. The number of hydrogen-bond donors (Lipinski definition) is 3. The van der Waals surface area contributed by atoms with E-state index in [0.717, 1.165) is 4.90 Å². The molecule has 26 heavy (non-hydrogen) atoms. The van der Waals surface area contributed by atoms with Crippen LogP contribution in [0.1, 0.15) is 16.8 Å². The van der Waals surface area contributed by atoms with Gasteiger partial charge in [-0.25, -0.2) is 4.79 Å². The summed E-state index contributed by atoms with van der Waals surface area (Å²) in [6.07, 6.45) is -0.00612. The van der Waals surface area contributed by atoms with Crippen LogP contribution in [0.3, 0.4) is 0 Å². The number of nitrogens with one attached hydrogen (secondary N) is 2. The smallest absolute Gasteiger partial charge is 0.335 e. The van der Waals surface area contributed by atoms with Crippen molar-refractivity contribution in [3.05, 3.63) is 48.0 Å². The van der Waals surface area contributed by atoms with E-state index in [9.17, 15) is 14.4 Å². The molecule has 0 spiro atoms. The summed E-state index contributed by atoms with van der Waals surface area (Å²) in [5.74, 6) is -0.919. The molecule has 134 valence electrons. The molecule has 0 aliphatic carbocycles. The van der Waals surface area contributed by atoms with Gasteiger partial charge >= 0.3 is 5.97 Å². The van der Waals surface area contributed by atoms with Crippen LogP contribution in [-0.2, 0) is 9.59 Å². The van der Waals surface area contributed by atoms with Crippen molar-refractivity contribution in [1.29, 1.82) is 0 Å². The van der Waals surface area contributed by atoms with E-state index in [4.69, 9.17) is 9.84 Å². The Bertz CT molecular complexity index is 866. The van der Waals surface area contributed by atoms with E-state index in [-0.39, 0.29) is 23.8 Å². The summed E-state index contributed by atoms with van der Waals surface area (Å²) in [5.41, 5.74) is 1.31. The first-order chi connectivity index (χ1) is 12.5. The Morgan fingerprint density at radius 1 is 1.23 bits per heavy atom. The van der Waals surface area contributed by atoms with Gasteiger partial charge in [0.2, 0.25) is 11.8 Å². The third-order valence-electron chi connectivity index (χ3n) is 3.79. The third-order valence-corrected chi connectivity index (χ3v) is 5.05. The van der Waals surface area contributed by atoms with E-state index in [1.54, 1.807) is 19.2 Å². The van der Waals surface area contributed by atoms with Crippen LogP contribution in [0.25, 0.3) is 0 Å². The molecule has 1 heterocycles. The normalized spacial score (nSPS) is 15.6. The lowest BCUT2D eigenvalue weighted by atomic mass is 10.2. The minimum atomic E-state index is -1.03. The van der Waals surface area contributed by atoms with Crippen LogP contribution in [0.2, 0.25) is 0 Å². The Hall–Kier alpha value is -3.00. The summed E-state index contributed by atoms with van der Waals surface area (Å²) in [7, 11) is 1.56. The van der Waals surface area contributed by atoms with Crippen LogP contribution in [0.15, 0.2) is 47.4 Å². The van der Waals surface area contributed by atoms with Crippen molar-refractivity contribution in [3.8, 4) is 5.75 Å². The topological polar surface area (TPSA) is 105 Å². The van der Waals surface area contributed by atoms with E-state index in [1.807, 2.05) is 6.07 Å². The Balaban J connectivity index is 1.65. The van der Waals surface area contributed by atoms with Gasteiger partial charge in [0.25, 0.3) is 0 Å². The molecule has 0 fully saturated rings. The fraction of sp³-hybridized carbons (Fsp3) is 0.167. The zero-order valence-electron chi connectivity index (χ0n) is 13.8. The molecule has 7 nitrogen and oxygen atoms in total. The van der Waals surface area contributed by atoms with Crippen molar-refractivity contribution in [3.63, 3.8) is 0 Å². The molecule has 2 aromatic rings. The fourth-order valence-electron chi connectivity index (χ4n) is 2.46. The molecule has 2 amide bonds. The number of benzene rings is 2. The summed E-state index contributed by atoms with van der Waals surface area (Å²) in [5, 5.41) is 13.8. The van der Waals surface area contributed by atoms with Crippen LogP contribution in [-0.4, -0.2) is 35.2 Å². The minimum absolute atomic E-state index is 0.00612. The number of methoxy groups -OCH3 is 1. The van der Waals surface area contributed by atoms with Crippen LogP contribution in [0, 0.1) is 0 Å². The maximum Gasteiger partial charge on any atom is 0.335 e. The number of amides is 2. The SMILES string of the molecule is COc1ccc2c(c1)S[C@@H](CC(=O)Nc1ccc(C(=O)O)cc1)C(=O)N2. The molecular formula is C18H16N2O5S. The number of carboxylic acids is 1. The van der Waals surface area contributed by atoms with Crippen molar-refractivity contribution in [2.45, 2.75) is 16.6 Å². The second-order valence-corrected chi connectivity index (χ2v) is 6.84. The maximum absolute atomic E-state index is 12.2. The van der Waals surface area contributed by atoms with Gasteiger partial charge in [-0.2, -0.15) is 0 Å². The molecule has 0 aromatic heterocycles. The molecule has 3 N–H and O–H groups in total. The highest BCUT2D eigenvalue weighted by atomic mass is 32.2. The number of hydrogen-bond acceptors (Lipinski definition) is 5. The predicted molar refractivity (Wildman–Crippen MR) is 97.9 cm³/mol. The van der Waals surface area contributed by atoms with Crippen molar-refractivity contribution in [1.82, 2.24) is 0 Å². The molecule has 1 aliphatic heterocycles. The lowest BCUT2D eigenvalue weighted by Crippen LogP contribution is -2.32. The summed E-state index contributed by atoms with van der Waals surface area (Å²) in [6.45, 7) is 0. The van der Waals surface area contributed by atoms with Crippen LogP contribution < -0.4 is 15.4 Å². The number of thioether (sulfide) groups is 1. The zero-order chi connectivity index (χ0) is 18.7. The molecule has 1 aliphatic rings. The molecule has 3 rings (SSSR count). The summed E-state index contributed by atoms with van der Waals surface area (Å²) in [4.78, 5) is 36.1. The standard InChI is InChI=1S/C18H16N2O5S/c1-25-12-6-7-13-14(8-12)26-15(17(22)20-13)9-16(21)19-11-4-2-10(3-5-11)18(23)24/h2-8,15H,9H2,1H3,(H,19,21)(H,20,22)(H,23,24)/t15-/m0/s1. The van der Waals surface area contributed by atoms with Gasteiger partial charge in [-0.1, -0.05) is 0 Å². The lowest BCUT2D eigenvalue weighted by Gasteiger charge is -2.24. The van der Waals surface area contributed by atoms with Crippen LogP contribution in [0.5, 0.6) is 5.75 Å². The molecule has 0 bridgehead atoms. The van der Waals surface area contributed by atoms with E-state index >= 15 is 0 Å². The Kier molecular flexibility index (Phi) is 5.13. The quantitative estimate of drug-likeness (QED) is 0.745. The van der Waals surface area contributed by atoms with Crippen LogP contribution in [0.4, 0.5) is 11.4 Å². The number of anilines is 2. The first kappa shape index (κ1) is 17.8. The first-order valence-electron chi connectivity index (χ1n) is 7.75. The van der Waals surface area contributed by atoms with Crippen molar-refractivity contribution < 1.29 is 24.2 Å². The van der Waals surface area contributed by atoms with Gasteiger partial charge in [0, 0.05) is 17.0 Å². The van der Waals surface area contributed by atoms with Gasteiger partial charge in [0.15, 0.2) is 0 Å². The first-order valence-corrected chi connectivity index (χ1v) is 8.63. The lowest BCUT2D eigenvalue weighted by molar-refractivity contribution is -0.120. The number of ether oxygens (including phenoxy) is 1. The fourth-order valence-corrected chi connectivity index (χ4v) is 3.60. The summed E-state index contributed by atoms with van der Waals surface area (Å²) < 4.78 is 5.18. The third kappa shape index (κ3) is 3.97. The highest BCUT2D eigenvalue weighted by Crippen LogP contribution is 2.39. The van der Waals surface area contributed by atoms with Crippen molar-refractivity contribution >= 4 is 40.9 Å². The predicted octanol–water partition coefficient (Wildman–Crippen LogP) is 2.83. The largest absolute Gasteiger partial charge is 0.497 e. The molecule has 0 saturated carbocycles. The van der Waals surface area contributed by atoms with Gasteiger partial charge in [0.1, 0.15) is 5.75 Å². The highest BCUT2D eigenvalue weighted by molar-refractivity contribution is 8.01. The number of carbonyl (C=O) groups excluding carboxylic acids is 2. The summed E-state index contributed by atoms with van der Waals surface area (Å²) >= 11 is 1.31. The molecule has 1 atom stereocenters. The Labute approximate surface area is 153 Å². The molecule has 0 unspecified atom stereocenters. The van der Waals surface area contributed by atoms with Gasteiger partial charge < -0.3 is 20.5 Å². The molecule has 2 aromatic carbocycles. The number of fused-ring (bicyclic) bond motifs is 1. The second kappa shape index (κ2) is 7.49. The monoisotopic (exact) mass is 372 g/mol. The van der Waals surface area contributed by atoms with E-state index < -0.39 is 11.2 Å². The number of carboxylic acid groups (broad SMARTS) is 1. The van der Waals surface area contributed by atoms with Crippen molar-refractivity contribution in [2.75, 3.05) is 17.7 Å². The second-order valence-electron chi connectivity index (χ2n) is 5.59. The maximum atomic E-state index is 12.2. The van der Waals surface area contributed by atoms with Gasteiger partial charge in [0.05, 0.1) is 23.6 Å². The van der Waals surface area contributed by atoms with Crippen molar-refractivity contribution in [2.24, 2.45) is 0 Å². The average molecular weight is 372 g/mol. The zero-order valence-corrected chi connectivity index (χ0v) is 14.6. The molecule has 0 radical (unpaired) electrons. The van der Waals surface area contributed by atoms with Gasteiger partial charge in [-0.15, -0.1) is 11.8 Å². The van der Waals surface area contributed by atoms with Gasteiger partial charge in [-0.05, 0) is 42.5 Å². The highest BCUT2D eigenvalue weighted by Gasteiger charge is 2.29. The molecule has 0 saturated heterocycles. The Morgan fingerprint density at radius 2 is 1.96 bits per heavy atom. The number of aromatic carboxylic acids is 1. The van der Waals surface area contributed by atoms with E-state index in [0.29, 0.717) is 17.1 Å². The van der Waals surface area contributed by atoms with Crippen LogP contribution >= 0.6 is 11.8 Å². The Morgan fingerprint density at radius 3 is 2.62 bits per heavy atom.